The zero-order valence-corrected chi connectivity index (χ0v) is 14.5. The van der Waals surface area contributed by atoms with E-state index in [1.165, 1.54) is 18.5 Å². The average Bonchev–Trinajstić information content (AvgIpc) is 2.65. The van der Waals surface area contributed by atoms with Crippen LogP contribution in [-0.2, 0) is 6.54 Å². The van der Waals surface area contributed by atoms with Crippen molar-refractivity contribution in [3.63, 3.8) is 0 Å². The number of halogens is 1. The Morgan fingerprint density at radius 3 is 2.89 bits per heavy atom. The van der Waals surface area contributed by atoms with E-state index in [1.807, 2.05) is 6.07 Å². The summed E-state index contributed by atoms with van der Waals surface area (Å²) in [6.07, 6.45) is 1.24. The Labute approximate surface area is 154 Å². The third-order valence-electron chi connectivity index (χ3n) is 3.85. The van der Waals surface area contributed by atoms with Crippen LogP contribution >= 0.6 is 0 Å². The van der Waals surface area contributed by atoms with E-state index in [0.717, 1.165) is 0 Å². The molecule has 3 rings (SSSR count). The van der Waals surface area contributed by atoms with Crippen LogP contribution in [0.5, 0.6) is 0 Å². The second-order valence-electron chi connectivity index (χ2n) is 5.63. The quantitative estimate of drug-likeness (QED) is 0.630. The number of fused-ring (bicyclic) bond motifs is 1. The highest BCUT2D eigenvalue weighted by Gasteiger charge is 2.16. The number of carbonyl (C=O) groups excluding carboxylic acids is 1. The van der Waals surface area contributed by atoms with Gasteiger partial charge in [0.2, 0.25) is 0 Å². The summed E-state index contributed by atoms with van der Waals surface area (Å²) >= 11 is 0. The minimum absolute atomic E-state index is 0.0564. The normalized spacial score (nSPS) is 10.4. The van der Waals surface area contributed by atoms with Crippen LogP contribution in [0.2, 0.25) is 0 Å². The van der Waals surface area contributed by atoms with Gasteiger partial charge in [0.15, 0.2) is 0 Å². The van der Waals surface area contributed by atoms with Crippen molar-refractivity contribution in [1.29, 1.82) is 5.26 Å². The standard InChI is InChI=1S/C18H16FN7O/c1-2-22-18(27)12-6-10-5-11(19)3-4-14(10)26-15(12)8-23-17-13(7-20)16(21)24-9-25-17/h3-6,9H,2,8H2,1H3,(H,22,27)(H3,21,23,24,25). The fourth-order valence-corrected chi connectivity index (χ4v) is 2.59. The Balaban J connectivity index is 2.01. The number of pyridine rings is 1. The number of nitriles is 1. The van der Waals surface area contributed by atoms with Gasteiger partial charge in [-0.15, -0.1) is 0 Å². The molecule has 1 amide bonds. The highest BCUT2D eigenvalue weighted by Crippen LogP contribution is 2.21. The maximum Gasteiger partial charge on any atom is 0.253 e. The molecule has 0 unspecified atom stereocenters. The van der Waals surface area contributed by atoms with E-state index < -0.39 is 5.82 Å². The molecule has 0 radical (unpaired) electrons. The lowest BCUT2D eigenvalue weighted by Crippen LogP contribution is -2.25. The number of anilines is 2. The summed E-state index contributed by atoms with van der Waals surface area (Å²) in [5, 5.41) is 15.4. The predicted octanol–water partition coefficient (Wildman–Crippen LogP) is 1.98. The summed E-state index contributed by atoms with van der Waals surface area (Å²) in [4.78, 5) is 24.7. The number of nitrogens with one attached hydrogen (secondary N) is 2. The van der Waals surface area contributed by atoms with Crippen LogP contribution in [0.1, 0.15) is 28.5 Å². The van der Waals surface area contributed by atoms with Gasteiger partial charge in [-0.2, -0.15) is 5.26 Å². The molecule has 8 nitrogen and oxygen atoms in total. The molecule has 9 heteroatoms. The fraction of sp³-hybridized carbons (Fsp3) is 0.167. The number of benzene rings is 1. The molecule has 1 aromatic carbocycles. The smallest absolute Gasteiger partial charge is 0.253 e. The first-order chi connectivity index (χ1) is 13.0. The molecule has 3 aromatic rings. The van der Waals surface area contributed by atoms with Crippen molar-refractivity contribution < 1.29 is 9.18 Å². The van der Waals surface area contributed by atoms with E-state index in [-0.39, 0.29) is 29.7 Å². The van der Waals surface area contributed by atoms with Gasteiger partial charge in [-0.1, -0.05) is 0 Å². The van der Waals surface area contributed by atoms with Gasteiger partial charge >= 0.3 is 0 Å². The van der Waals surface area contributed by atoms with E-state index in [9.17, 15) is 14.4 Å². The highest BCUT2D eigenvalue weighted by molar-refractivity contribution is 5.98. The van der Waals surface area contributed by atoms with Crippen LogP contribution in [0.15, 0.2) is 30.6 Å². The number of hydrogen-bond donors (Lipinski definition) is 3. The maximum atomic E-state index is 13.5. The Hall–Kier alpha value is -3.80. The van der Waals surface area contributed by atoms with E-state index in [0.29, 0.717) is 28.7 Å². The van der Waals surface area contributed by atoms with Crippen molar-refractivity contribution in [3.05, 3.63) is 53.2 Å². The second-order valence-corrected chi connectivity index (χ2v) is 5.63. The molecule has 136 valence electrons. The molecule has 0 aliphatic heterocycles. The first-order valence-corrected chi connectivity index (χ1v) is 8.15. The molecule has 0 aliphatic rings. The molecular formula is C18H16FN7O. The number of nitrogens with zero attached hydrogens (tertiary/aromatic N) is 4. The summed E-state index contributed by atoms with van der Waals surface area (Å²) in [6, 6.07) is 7.69. The molecule has 4 N–H and O–H groups in total. The number of nitrogens with two attached hydrogens (primary N) is 1. The number of hydrogen-bond acceptors (Lipinski definition) is 7. The van der Waals surface area contributed by atoms with Crippen LogP contribution in [0.25, 0.3) is 10.9 Å². The molecule has 2 aromatic heterocycles. The van der Waals surface area contributed by atoms with Gasteiger partial charge in [0.05, 0.1) is 23.3 Å². The lowest BCUT2D eigenvalue weighted by atomic mass is 10.1. The molecule has 0 fully saturated rings. The second kappa shape index (κ2) is 7.61. The van der Waals surface area contributed by atoms with Gasteiger partial charge in [-0.05, 0) is 31.2 Å². The Morgan fingerprint density at radius 1 is 1.33 bits per heavy atom. The van der Waals surface area contributed by atoms with Crippen molar-refractivity contribution in [2.75, 3.05) is 17.6 Å². The molecule has 2 heterocycles. The van der Waals surface area contributed by atoms with Gasteiger partial charge in [0.25, 0.3) is 5.91 Å². The largest absolute Gasteiger partial charge is 0.382 e. The zero-order chi connectivity index (χ0) is 19.4. The van der Waals surface area contributed by atoms with Gasteiger partial charge in [0.1, 0.15) is 35.4 Å². The van der Waals surface area contributed by atoms with Crippen LogP contribution in [0.3, 0.4) is 0 Å². The SMILES string of the molecule is CCNC(=O)c1cc2cc(F)ccc2nc1CNc1ncnc(N)c1C#N. The number of amides is 1. The summed E-state index contributed by atoms with van der Waals surface area (Å²) < 4.78 is 13.5. The van der Waals surface area contributed by atoms with Crippen LogP contribution < -0.4 is 16.4 Å². The Kier molecular flexibility index (Phi) is 5.08. The zero-order valence-electron chi connectivity index (χ0n) is 14.5. The molecule has 0 atom stereocenters. The number of nitrogen functional groups attached to an aromatic ring is 1. The topological polar surface area (TPSA) is 130 Å². The van der Waals surface area contributed by atoms with Crippen LogP contribution in [-0.4, -0.2) is 27.4 Å². The highest BCUT2D eigenvalue weighted by atomic mass is 19.1. The van der Waals surface area contributed by atoms with Crippen LogP contribution in [0.4, 0.5) is 16.0 Å². The maximum absolute atomic E-state index is 13.5. The van der Waals surface area contributed by atoms with E-state index in [1.54, 1.807) is 19.1 Å². The summed E-state index contributed by atoms with van der Waals surface area (Å²) in [5.74, 6) is -0.434. The van der Waals surface area contributed by atoms with Crippen molar-refractivity contribution >= 4 is 28.4 Å². The van der Waals surface area contributed by atoms with Gasteiger partial charge in [0, 0.05) is 11.9 Å². The minimum atomic E-state index is -0.410. The summed E-state index contributed by atoms with van der Waals surface area (Å²) in [7, 11) is 0. The lowest BCUT2D eigenvalue weighted by Gasteiger charge is -2.12. The molecule has 0 aliphatic carbocycles. The van der Waals surface area contributed by atoms with E-state index >= 15 is 0 Å². The number of rotatable bonds is 5. The molecule has 0 saturated heterocycles. The Morgan fingerprint density at radius 2 is 2.15 bits per heavy atom. The molecular weight excluding hydrogens is 349 g/mol. The predicted molar refractivity (Wildman–Crippen MR) is 98.2 cm³/mol. The van der Waals surface area contributed by atoms with Crippen molar-refractivity contribution in [1.82, 2.24) is 20.3 Å². The Bertz CT molecular complexity index is 1060. The fourth-order valence-electron chi connectivity index (χ4n) is 2.59. The molecule has 0 bridgehead atoms. The minimum Gasteiger partial charge on any atom is -0.382 e. The van der Waals surface area contributed by atoms with Gasteiger partial charge < -0.3 is 16.4 Å². The van der Waals surface area contributed by atoms with Crippen molar-refractivity contribution in [3.8, 4) is 6.07 Å². The monoisotopic (exact) mass is 365 g/mol. The number of carbonyl (C=O) groups is 1. The molecule has 27 heavy (non-hydrogen) atoms. The van der Waals surface area contributed by atoms with Gasteiger partial charge in [-0.25, -0.2) is 14.4 Å². The first-order valence-electron chi connectivity index (χ1n) is 8.15. The van der Waals surface area contributed by atoms with Crippen LogP contribution in [0, 0.1) is 17.1 Å². The molecule has 0 saturated carbocycles. The van der Waals surface area contributed by atoms with Gasteiger partial charge in [-0.3, -0.25) is 9.78 Å². The van der Waals surface area contributed by atoms with Crippen molar-refractivity contribution in [2.24, 2.45) is 0 Å². The third-order valence-corrected chi connectivity index (χ3v) is 3.85. The van der Waals surface area contributed by atoms with E-state index in [2.05, 4.69) is 25.6 Å². The molecule has 0 spiro atoms. The number of aromatic nitrogens is 3. The summed E-state index contributed by atoms with van der Waals surface area (Å²) in [5.41, 5.74) is 7.07. The average molecular weight is 365 g/mol. The van der Waals surface area contributed by atoms with Crippen molar-refractivity contribution in [2.45, 2.75) is 13.5 Å². The third kappa shape index (κ3) is 3.74. The summed E-state index contributed by atoms with van der Waals surface area (Å²) in [6.45, 7) is 2.35. The first kappa shape index (κ1) is 18.0. The van der Waals surface area contributed by atoms with E-state index in [4.69, 9.17) is 5.73 Å². The lowest BCUT2D eigenvalue weighted by molar-refractivity contribution is 0.0954.